The lowest BCUT2D eigenvalue weighted by atomic mass is 10.0. The molecular formula is C17H26F2N2O2. The standard InChI is InChI=1S/C17H26F2N2O2/c1-10-7-15(19)13(8-14(10)18)12(3)20-9-11(2)21-16(22)23-17(4,5)6/h7-8,11-12,20H,9H2,1-6H3,(H,21,22). The van der Waals surface area contributed by atoms with Crippen LogP contribution in [-0.2, 0) is 4.74 Å². The first-order valence-electron chi connectivity index (χ1n) is 7.68. The highest BCUT2D eigenvalue weighted by atomic mass is 19.1. The minimum absolute atomic E-state index is 0.217. The molecule has 6 heteroatoms. The van der Waals surface area contributed by atoms with Crippen molar-refractivity contribution in [1.29, 1.82) is 0 Å². The van der Waals surface area contributed by atoms with Gasteiger partial charge >= 0.3 is 6.09 Å². The molecule has 0 saturated carbocycles. The van der Waals surface area contributed by atoms with Crippen LogP contribution in [0.3, 0.4) is 0 Å². The Hall–Kier alpha value is -1.69. The van der Waals surface area contributed by atoms with E-state index in [9.17, 15) is 13.6 Å². The highest BCUT2D eigenvalue weighted by Crippen LogP contribution is 2.20. The minimum Gasteiger partial charge on any atom is -0.444 e. The molecule has 4 nitrogen and oxygen atoms in total. The van der Waals surface area contributed by atoms with Gasteiger partial charge in [-0.25, -0.2) is 13.6 Å². The van der Waals surface area contributed by atoms with E-state index >= 15 is 0 Å². The summed E-state index contributed by atoms with van der Waals surface area (Å²) in [6.45, 7) is 10.8. The molecule has 2 N–H and O–H groups in total. The van der Waals surface area contributed by atoms with E-state index in [-0.39, 0.29) is 23.2 Å². The van der Waals surface area contributed by atoms with E-state index in [1.807, 2.05) is 0 Å². The largest absolute Gasteiger partial charge is 0.444 e. The Labute approximate surface area is 136 Å². The summed E-state index contributed by atoms with van der Waals surface area (Å²) in [5.41, 5.74) is -0.0245. The Balaban J connectivity index is 2.54. The molecule has 23 heavy (non-hydrogen) atoms. The van der Waals surface area contributed by atoms with Gasteiger partial charge < -0.3 is 15.4 Å². The van der Waals surface area contributed by atoms with Gasteiger partial charge in [-0.1, -0.05) is 0 Å². The van der Waals surface area contributed by atoms with Gasteiger partial charge in [-0.3, -0.25) is 0 Å². The zero-order valence-corrected chi connectivity index (χ0v) is 14.6. The summed E-state index contributed by atoms with van der Waals surface area (Å²) >= 11 is 0. The molecule has 2 atom stereocenters. The summed E-state index contributed by atoms with van der Waals surface area (Å²) in [5, 5.41) is 5.76. The molecule has 0 heterocycles. The molecule has 0 aromatic heterocycles. The fraction of sp³-hybridized carbons (Fsp3) is 0.588. The highest BCUT2D eigenvalue weighted by molar-refractivity contribution is 5.68. The number of amides is 1. The number of carbonyl (C=O) groups excluding carboxylic acids is 1. The van der Waals surface area contributed by atoms with Gasteiger partial charge in [0.15, 0.2) is 0 Å². The Morgan fingerprint density at radius 2 is 1.83 bits per heavy atom. The molecule has 1 aromatic rings. The van der Waals surface area contributed by atoms with Gasteiger partial charge in [0, 0.05) is 24.2 Å². The molecule has 0 fully saturated rings. The summed E-state index contributed by atoms with van der Waals surface area (Å²) in [6, 6.07) is 1.79. The Kier molecular flexibility index (Phi) is 6.50. The van der Waals surface area contributed by atoms with Crippen LogP contribution in [-0.4, -0.2) is 24.3 Å². The fourth-order valence-electron chi connectivity index (χ4n) is 2.02. The number of rotatable bonds is 5. The summed E-state index contributed by atoms with van der Waals surface area (Å²) < 4.78 is 32.6. The molecule has 1 aromatic carbocycles. The topological polar surface area (TPSA) is 50.4 Å². The smallest absolute Gasteiger partial charge is 0.407 e. The molecule has 2 unspecified atom stereocenters. The number of benzene rings is 1. The normalized spacial score (nSPS) is 14.3. The van der Waals surface area contributed by atoms with E-state index in [1.54, 1.807) is 34.6 Å². The lowest BCUT2D eigenvalue weighted by molar-refractivity contribution is 0.0507. The number of hydrogen-bond acceptors (Lipinski definition) is 3. The van der Waals surface area contributed by atoms with Gasteiger partial charge in [0.1, 0.15) is 17.2 Å². The van der Waals surface area contributed by atoms with Crippen LogP contribution >= 0.6 is 0 Å². The first-order valence-corrected chi connectivity index (χ1v) is 7.68. The van der Waals surface area contributed by atoms with Crippen molar-refractivity contribution in [3.63, 3.8) is 0 Å². The molecule has 0 aliphatic heterocycles. The van der Waals surface area contributed by atoms with Gasteiger partial charge in [-0.05, 0) is 59.2 Å². The number of hydrogen-bond donors (Lipinski definition) is 2. The molecule has 0 aliphatic rings. The number of ether oxygens (including phenoxy) is 1. The van der Waals surface area contributed by atoms with Crippen molar-refractivity contribution in [2.24, 2.45) is 0 Å². The van der Waals surface area contributed by atoms with Crippen molar-refractivity contribution in [3.8, 4) is 0 Å². The number of aryl methyl sites for hydroxylation is 1. The number of alkyl carbamates (subject to hydrolysis) is 1. The van der Waals surface area contributed by atoms with Crippen LogP contribution in [0, 0.1) is 18.6 Å². The van der Waals surface area contributed by atoms with Crippen LogP contribution in [0.15, 0.2) is 12.1 Å². The van der Waals surface area contributed by atoms with E-state index in [0.717, 1.165) is 0 Å². The van der Waals surface area contributed by atoms with Crippen molar-refractivity contribution in [2.45, 2.75) is 59.2 Å². The third kappa shape index (κ3) is 6.52. The van der Waals surface area contributed by atoms with E-state index in [2.05, 4.69) is 10.6 Å². The average Bonchev–Trinajstić information content (AvgIpc) is 2.37. The Morgan fingerprint density at radius 3 is 2.39 bits per heavy atom. The van der Waals surface area contributed by atoms with E-state index in [4.69, 9.17) is 4.74 Å². The van der Waals surface area contributed by atoms with Crippen molar-refractivity contribution in [2.75, 3.05) is 6.54 Å². The van der Waals surface area contributed by atoms with Crippen LogP contribution in [0.2, 0.25) is 0 Å². The Morgan fingerprint density at radius 1 is 1.22 bits per heavy atom. The van der Waals surface area contributed by atoms with Crippen LogP contribution in [0.4, 0.5) is 13.6 Å². The van der Waals surface area contributed by atoms with Crippen LogP contribution in [0.25, 0.3) is 0 Å². The summed E-state index contributed by atoms with van der Waals surface area (Å²) in [5.74, 6) is -0.883. The lowest BCUT2D eigenvalue weighted by Gasteiger charge is -2.23. The van der Waals surface area contributed by atoms with Gasteiger partial charge in [0.25, 0.3) is 0 Å². The zero-order chi connectivity index (χ0) is 17.8. The minimum atomic E-state index is -0.562. The number of nitrogens with one attached hydrogen (secondary N) is 2. The Bertz CT molecular complexity index is 556. The highest BCUT2D eigenvalue weighted by Gasteiger charge is 2.19. The molecule has 0 radical (unpaired) electrons. The maximum Gasteiger partial charge on any atom is 0.407 e. The first-order chi connectivity index (χ1) is 10.5. The molecule has 0 spiro atoms. The van der Waals surface area contributed by atoms with Crippen molar-refractivity contribution < 1.29 is 18.3 Å². The maximum absolute atomic E-state index is 13.9. The second-order valence-corrected chi connectivity index (χ2v) is 6.80. The van der Waals surface area contributed by atoms with E-state index < -0.39 is 23.3 Å². The molecule has 0 bridgehead atoms. The lowest BCUT2D eigenvalue weighted by Crippen LogP contribution is -2.43. The second-order valence-electron chi connectivity index (χ2n) is 6.80. The predicted molar refractivity (Wildman–Crippen MR) is 86.3 cm³/mol. The monoisotopic (exact) mass is 328 g/mol. The molecule has 1 rings (SSSR count). The summed E-state index contributed by atoms with van der Waals surface area (Å²) in [6.07, 6.45) is -0.507. The SMILES string of the molecule is Cc1cc(F)c(C(C)NCC(C)NC(=O)OC(C)(C)C)cc1F. The maximum atomic E-state index is 13.9. The number of halogens is 2. The molecule has 1 amide bonds. The second kappa shape index (κ2) is 7.73. The van der Waals surface area contributed by atoms with Gasteiger partial charge in [0.05, 0.1) is 0 Å². The van der Waals surface area contributed by atoms with Gasteiger partial charge in [0.2, 0.25) is 0 Å². The van der Waals surface area contributed by atoms with E-state index in [1.165, 1.54) is 19.1 Å². The van der Waals surface area contributed by atoms with Crippen LogP contribution in [0.1, 0.15) is 51.8 Å². The first kappa shape index (κ1) is 19.4. The van der Waals surface area contributed by atoms with E-state index in [0.29, 0.717) is 6.54 Å². The molecular weight excluding hydrogens is 302 g/mol. The number of carbonyl (C=O) groups is 1. The third-order valence-electron chi connectivity index (χ3n) is 3.24. The quantitative estimate of drug-likeness (QED) is 0.863. The molecule has 0 aliphatic carbocycles. The van der Waals surface area contributed by atoms with Crippen molar-refractivity contribution in [3.05, 3.63) is 34.9 Å². The zero-order valence-electron chi connectivity index (χ0n) is 14.6. The van der Waals surface area contributed by atoms with Crippen LogP contribution < -0.4 is 10.6 Å². The van der Waals surface area contributed by atoms with Gasteiger partial charge in [-0.15, -0.1) is 0 Å². The summed E-state index contributed by atoms with van der Waals surface area (Å²) in [7, 11) is 0. The van der Waals surface area contributed by atoms with Gasteiger partial charge in [-0.2, -0.15) is 0 Å². The fourth-order valence-corrected chi connectivity index (χ4v) is 2.02. The molecule has 130 valence electrons. The van der Waals surface area contributed by atoms with Crippen molar-refractivity contribution in [1.82, 2.24) is 10.6 Å². The summed E-state index contributed by atoms with van der Waals surface area (Å²) in [4.78, 5) is 11.6. The molecule has 0 saturated heterocycles. The van der Waals surface area contributed by atoms with Crippen LogP contribution in [0.5, 0.6) is 0 Å². The third-order valence-corrected chi connectivity index (χ3v) is 3.24. The predicted octanol–water partition coefficient (Wildman–Crippen LogP) is 3.84. The average molecular weight is 328 g/mol. The van der Waals surface area contributed by atoms with Crippen molar-refractivity contribution >= 4 is 6.09 Å².